The molecule has 0 N–H and O–H groups in total. The molecule has 0 aromatic carbocycles. The first-order valence-electron chi connectivity index (χ1n) is 15.9. The maximum Gasteiger partial charge on any atom is 0.337 e. The van der Waals surface area contributed by atoms with Crippen molar-refractivity contribution in [1.82, 2.24) is 0 Å². The van der Waals surface area contributed by atoms with Gasteiger partial charge in [-0.15, -0.1) is 0 Å². The molecule has 0 unspecified atom stereocenters. The van der Waals surface area contributed by atoms with E-state index in [1.54, 1.807) is 6.08 Å². The zero-order chi connectivity index (χ0) is 31.9. The van der Waals surface area contributed by atoms with Gasteiger partial charge in [0, 0.05) is 32.6 Å². The first-order valence-corrected chi connectivity index (χ1v) is 15.9. The number of epoxide rings is 1. The summed E-state index contributed by atoms with van der Waals surface area (Å²) >= 11 is 0. The van der Waals surface area contributed by atoms with Crippen LogP contribution in [-0.4, -0.2) is 66.3 Å². The lowest BCUT2D eigenvalue weighted by atomic mass is 9.43. The summed E-state index contributed by atoms with van der Waals surface area (Å²) in [5.41, 5.74) is -1.01. The Labute approximate surface area is 258 Å². The van der Waals surface area contributed by atoms with Crippen molar-refractivity contribution in [2.45, 2.75) is 111 Å². The van der Waals surface area contributed by atoms with E-state index >= 15 is 0 Å². The summed E-state index contributed by atoms with van der Waals surface area (Å²) in [5.74, 6) is -1.51. The molecule has 6 rings (SSSR count). The fraction of sp³-hybridized carbons (Fsp3) is 0.735. The zero-order valence-electron chi connectivity index (χ0n) is 26.7. The predicted octanol–water partition coefficient (Wildman–Crippen LogP) is 4.04. The van der Waals surface area contributed by atoms with Gasteiger partial charge in [-0.25, -0.2) is 4.79 Å². The Kier molecular flexibility index (Phi) is 7.42. The lowest BCUT2D eigenvalue weighted by Crippen LogP contribution is -2.66. The summed E-state index contributed by atoms with van der Waals surface area (Å²) in [6.45, 7) is 12.2. The Bertz CT molecular complexity index is 1360. The number of rotatable bonds is 6. The number of fused-ring (bicyclic) bond motifs is 4. The maximum atomic E-state index is 13.8. The van der Waals surface area contributed by atoms with Crippen molar-refractivity contribution in [3.05, 3.63) is 23.3 Å². The number of carbonyl (C=O) groups excluding carboxylic acids is 5. The molecule has 0 radical (unpaired) electrons. The number of ether oxygens (including phenoxy) is 5. The number of esters is 4. The van der Waals surface area contributed by atoms with Gasteiger partial charge in [0.1, 0.15) is 24.4 Å². The quantitative estimate of drug-likeness (QED) is 0.246. The second-order valence-corrected chi connectivity index (χ2v) is 14.4. The van der Waals surface area contributed by atoms with E-state index in [1.165, 1.54) is 26.8 Å². The van der Waals surface area contributed by atoms with Crippen LogP contribution in [0.25, 0.3) is 0 Å². The van der Waals surface area contributed by atoms with Gasteiger partial charge in [0.15, 0.2) is 11.9 Å². The average Bonchev–Trinajstić information content (AvgIpc) is 3.56. The summed E-state index contributed by atoms with van der Waals surface area (Å²) in [7, 11) is 0. The van der Waals surface area contributed by atoms with Crippen molar-refractivity contribution in [2.24, 2.45) is 40.4 Å². The Hall–Kier alpha value is -3.01. The molecule has 12 atom stereocenters. The molecule has 4 fully saturated rings. The Morgan fingerprint density at radius 1 is 1.00 bits per heavy atom. The largest absolute Gasteiger partial charge is 0.462 e. The van der Waals surface area contributed by atoms with Crippen LogP contribution >= 0.6 is 0 Å². The number of carbonyl (C=O) groups is 5. The first-order chi connectivity index (χ1) is 20.7. The Morgan fingerprint density at radius 2 is 1.70 bits per heavy atom. The molecular formula is C34H44O10. The van der Waals surface area contributed by atoms with E-state index in [4.69, 9.17) is 23.7 Å². The molecule has 10 nitrogen and oxygen atoms in total. The minimum absolute atomic E-state index is 0.0307. The van der Waals surface area contributed by atoms with Crippen molar-refractivity contribution >= 4 is 29.7 Å². The number of hydrogen-bond acceptors (Lipinski definition) is 10. The van der Waals surface area contributed by atoms with E-state index in [0.29, 0.717) is 18.4 Å². The maximum absolute atomic E-state index is 13.8. The van der Waals surface area contributed by atoms with Gasteiger partial charge < -0.3 is 23.7 Å². The highest BCUT2D eigenvalue weighted by Crippen LogP contribution is 2.73. The topological polar surface area (TPSA) is 135 Å². The van der Waals surface area contributed by atoms with Gasteiger partial charge in [-0.2, -0.15) is 0 Å². The monoisotopic (exact) mass is 612 g/mol. The lowest BCUT2D eigenvalue weighted by molar-refractivity contribution is -0.195. The van der Waals surface area contributed by atoms with E-state index in [0.717, 1.165) is 24.8 Å². The average molecular weight is 613 g/mol. The molecule has 0 bridgehead atoms. The molecule has 1 saturated heterocycles. The van der Waals surface area contributed by atoms with Crippen molar-refractivity contribution in [1.29, 1.82) is 0 Å². The molecule has 0 aromatic heterocycles. The number of allylic oxidation sites excluding steroid dienone is 1. The molecule has 4 aliphatic carbocycles. The molecule has 10 heteroatoms. The third-order valence-electron chi connectivity index (χ3n) is 12.5. The molecule has 0 aromatic rings. The van der Waals surface area contributed by atoms with Gasteiger partial charge in [-0.1, -0.05) is 19.4 Å². The van der Waals surface area contributed by atoms with Gasteiger partial charge in [-0.3, -0.25) is 19.2 Å². The summed E-state index contributed by atoms with van der Waals surface area (Å²) in [4.78, 5) is 62.8. The second-order valence-electron chi connectivity index (χ2n) is 14.4. The highest BCUT2D eigenvalue weighted by atomic mass is 16.7. The predicted molar refractivity (Wildman–Crippen MR) is 154 cm³/mol. The molecule has 2 heterocycles. The Morgan fingerprint density at radius 3 is 2.34 bits per heavy atom. The summed E-state index contributed by atoms with van der Waals surface area (Å²) < 4.78 is 29.4. The molecule has 44 heavy (non-hydrogen) atoms. The van der Waals surface area contributed by atoms with Gasteiger partial charge in [-0.05, 0) is 81.3 Å². The minimum Gasteiger partial charge on any atom is -0.462 e. The highest BCUT2D eigenvalue weighted by molar-refractivity contribution is 5.98. The molecule has 6 aliphatic rings. The SMILES string of the molecule is CC(=O)OCC1=C(C)C[C@H]([C@@H](C)[C@H]2CC[C@H]3[C@@H]4C[C@H]5O[C@]56[C@@H](OC(C)=O)C=CC(=O)[C@]6(C)[C@H]4C[C@@H](OC(C)=O)[C@]23C)OC1=O. The van der Waals surface area contributed by atoms with Crippen molar-refractivity contribution in [2.75, 3.05) is 6.61 Å². The fourth-order valence-corrected chi connectivity index (χ4v) is 10.4. The minimum atomic E-state index is -0.933. The van der Waals surface area contributed by atoms with Crippen LogP contribution in [0.15, 0.2) is 23.3 Å². The smallest absolute Gasteiger partial charge is 0.337 e. The molecule has 1 spiro atoms. The molecule has 0 amide bonds. The van der Waals surface area contributed by atoms with Gasteiger partial charge >= 0.3 is 23.9 Å². The molecule has 2 aliphatic heterocycles. The van der Waals surface area contributed by atoms with E-state index in [-0.39, 0.29) is 60.2 Å². The summed E-state index contributed by atoms with van der Waals surface area (Å²) in [6, 6.07) is 0. The van der Waals surface area contributed by atoms with E-state index in [2.05, 4.69) is 13.8 Å². The van der Waals surface area contributed by atoms with Crippen LogP contribution in [0, 0.1) is 40.4 Å². The Balaban J connectivity index is 1.31. The second kappa shape index (κ2) is 10.5. The summed E-state index contributed by atoms with van der Waals surface area (Å²) in [5, 5.41) is 0. The van der Waals surface area contributed by atoms with Crippen LogP contribution in [0.4, 0.5) is 0 Å². The van der Waals surface area contributed by atoms with Crippen LogP contribution in [0.3, 0.4) is 0 Å². The van der Waals surface area contributed by atoms with Crippen molar-refractivity contribution in [3.63, 3.8) is 0 Å². The van der Waals surface area contributed by atoms with Crippen LogP contribution in [0.1, 0.15) is 80.6 Å². The number of cyclic esters (lactones) is 1. The van der Waals surface area contributed by atoms with E-state index < -0.39 is 46.5 Å². The third kappa shape index (κ3) is 4.33. The number of hydrogen-bond donors (Lipinski definition) is 0. The fourth-order valence-electron chi connectivity index (χ4n) is 10.4. The number of ketones is 1. The standard InChI is InChI=1S/C34H44O10/c1-16-12-26(43-31(39)22(16)15-40-18(3)35)17(2)23-8-9-24-21-13-30-34(44-30)28(41-19(4)36)11-10-27(38)33(34,7)25(21)14-29(32(23,24)6)42-20(5)37/h10-11,17,21,23-26,28-30H,8-9,12-15H2,1-7H3/t17-,21-,23+,24-,25-,26+,28-,29+,30+,32+,33-,34+/m0/s1. The van der Waals surface area contributed by atoms with Crippen molar-refractivity contribution < 1.29 is 47.7 Å². The highest BCUT2D eigenvalue weighted by Gasteiger charge is 2.82. The van der Waals surface area contributed by atoms with Crippen LogP contribution in [0.2, 0.25) is 0 Å². The molecular weight excluding hydrogens is 568 g/mol. The van der Waals surface area contributed by atoms with Crippen LogP contribution < -0.4 is 0 Å². The zero-order valence-corrected chi connectivity index (χ0v) is 26.7. The normalized spacial score (nSPS) is 44.3. The molecule has 3 saturated carbocycles. The first kappa shape index (κ1) is 31.0. The van der Waals surface area contributed by atoms with Gasteiger partial charge in [0.2, 0.25) is 0 Å². The van der Waals surface area contributed by atoms with Gasteiger partial charge in [0.05, 0.1) is 17.1 Å². The van der Waals surface area contributed by atoms with E-state index in [9.17, 15) is 24.0 Å². The summed E-state index contributed by atoms with van der Waals surface area (Å²) in [6.07, 6.45) is 5.08. The molecule has 240 valence electrons. The third-order valence-corrected chi connectivity index (χ3v) is 12.5. The lowest BCUT2D eigenvalue weighted by Gasteiger charge is -2.60. The van der Waals surface area contributed by atoms with Crippen molar-refractivity contribution in [3.8, 4) is 0 Å². The van der Waals surface area contributed by atoms with Gasteiger partial charge in [0.25, 0.3) is 0 Å². The van der Waals surface area contributed by atoms with Crippen LogP contribution in [0.5, 0.6) is 0 Å². The van der Waals surface area contributed by atoms with E-state index in [1.807, 2.05) is 13.8 Å². The van der Waals surface area contributed by atoms with Crippen LogP contribution in [-0.2, 0) is 47.7 Å².